The number of carbonyl (C=O) groups is 4. The first-order chi connectivity index (χ1) is 24.9. The van der Waals surface area contributed by atoms with Gasteiger partial charge in [-0.15, -0.1) is 0 Å². The molecule has 0 spiro atoms. The Bertz CT molecular complexity index is 1590. The third kappa shape index (κ3) is 20.7. The molecular weight excluding hydrogens is 890 g/mol. The summed E-state index contributed by atoms with van der Waals surface area (Å²) in [6, 6.07) is 22.5. The molecule has 2 aromatic heterocycles. The predicted octanol–water partition coefficient (Wildman–Crippen LogP) is 3.42. The Labute approximate surface area is 358 Å². The maximum absolute atomic E-state index is 11.0. The monoisotopic (exact) mass is 944 g/mol. The van der Waals surface area contributed by atoms with E-state index >= 15 is 0 Å². The fourth-order valence-corrected chi connectivity index (χ4v) is 4.93. The molecule has 0 saturated heterocycles. The number of hydrogen-bond acceptors (Lipinski definition) is 10. The van der Waals surface area contributed by atoms with Crippen LogP contribution in [0.2, 0.25) is 0 Å². The molecule has 56 heavy (non-hydrogen) atoms. The normalized spacial score (nSPS) is 10.9. The average molecular weight is 945 g/mol. The minimum Gasteiger partial charge on any atom is -0.550 e. The van der Waals surface area contributed by atoms with Crippen LogP contribution < -0.4 is 20.4 Å². The Morgan fingerprint density at radius 1 is 0.446 bits per heavy atom. The molecule has 0 saturated carbocycles. The van der Waals surface area contributed by atoms with Crippen LogP contribution in [0.3, 0.4) is 0 Å². The van der Waals surface area contributed by atoms with Crippen molar-refractivity contribution in [1.82, 2.24) is 9.97 Å². The molecule has 0 bridgehead atoms. The Morgan fingerprint density at radius 2 is 0.679 bits per heavy atom. The van der Waals surface area contributed by atoms with E-state index in [4.69, 9.17) is 0 Å². The van der Waals surface area contributed by atoms with Gasteiger partial charge in [0.05, 0.1) is 0 Å². The summed E-state index contributed by atoms with van der Waals surface area (Å²) in [5.41, 5.74) is 2.01. The molecule has 2 radical (unpaired) electrons. The summed E-state index contributed by atoms with van der Waals surface area (Å²) in [5.74, 6) is -4.40. The van der Waals surface area contributed by atoms with Gasteiger partial charge in [-0.25, -0.2) is 0 Å². The zero-order valence-electron chi connectivity index (χ0n) is 33.9. The standard InChI is InChI=1S/2C16H22O4.2C6H7N.2Rh/c2*1-15(2,13(17)18)9-11-6-5-7-12(8-11)10-16(3,4)14(19)20;2*1-6-3-2-4-7-5-6;;/h2*5-8H,9-10H2,1-4H3,(H,17,18)(H,19,20);2*2-5H,1H3;;/q;;;;2*+2/p-4. The summed E-state index contributed by atoms with van der Waals surface area (Å²) in [6.45, 7) is 16.9. The number of nitrogens with zero attached hydrogens (tertiary/aromatic N) is 2. The van der Waals surface area contributed by atoms with Gasteiger partial charge in [-0.3, -0.25) is 9.97 Å². The molecule has 0 atom stereocenters. The zero-order chi connectivity index (χ0) is 41.3. The minimum absolute atomic E-state index is 0. The zero-order valence-corrected chi connectivity index (χ0v) is 37.2. The van der Waals surface area contributed by atoms with Gasteiger partial charge in [0.15, 0.2) is 0 Å². The van der Waals surface area contributed by atoms with Crippen molar-refractivity contribution in [3.63, 3.8) is 0 Å². The van der Waals surface area contributed by atoms with Crippen LogP contribution in [0.4, 0.5) is 0 Å². The molecule has 0 unspecified atom stereocenters. The summed E-state index contributed by atoms with van der Waals surface area (Å²) < 4.78 is 0. The first kappa shape index (κ1) is 54.0. The van der Waals surface area contributed by atoms with Crippen molar-refractivity contribution in [3.05, 3.63) is 131 Å². The van der Waals surface area contributed by atoms with Crippen LogP contribution in [0.1, 0.15) is 88.8 Å². The van der Waals surface area contributed by atoms with Crippen LogP contribution in [0, 0.1) is 35.5 Å². The second-order valence-electron chi connectivity index (χ2n) is 16.1. The van der Waals surface area contributed by atoms with Crippen molar-refractivity contribution in [2.45, 2.75) is 94.9 Å². The van der Waals surface area contributed by atoms with Gasteiger partial charge in [-0.1, -0.05) is 116 Å². The number of aryl methyl sites for hydroxylation is 2. The quantitative estimate of drug-likeness (QED) is 0.191. The first-order valence-electron chi connectivity index (χ1n) is 17.6. The summed E-state index contributed by atoms with van der Waals surface area (Å²) in [7, 11) is 0. The molecule has 0 aliphatic carbocycles. The van der Waals surface area contributed by atoms with E-state index < -0.39 is 45.5 Å². The number of benzene rings is 2. The number of carbonyl (C=O) groups excluding carboxylic acids is 4. The Morgan fingerprint density at radius 3 is 0.821 bits per heavy atom. The Balaban J connectivity index is 0. The summed E-state index contributed by atoms with van der Waals surface area (Å²) in [6.07, 6.45) is 8.58. The van der Waals surface area contributed by atoms with Gasteiger partial charge < -0.3 is 39.6 Å². The number of carboxylic acids is 4. The third-order valence-corrected chi connectivity index (χ3v) is 8.40. The molecule has 0 aliphatic heterocycles. The fraction of sp³-hybridized carbons (Fsp3) is 0.409. The van der Waals surface area contributed by atoms with Crippen LogP contribution >= 0.6 is 0 Å². The van der Waals surface area contributed by atoms with Crippen molar-refractivity contribution in [2.24, 2.45) is 21.7 Å². The molecule has 4 rings (SSSR count). The molecule has 10 nitrogen and oxygen atoms in total. The SMILES string of the molecule is CC(C)(Cc1cccc(CC(C)(C)C(=O)[O-])c1)C(=O)[O-].CC(C)(Cc1cccc(CC(C)(C)C(=O)[O-])c1)C(=O)[O-].Cc1cccnc1.Cc1cccnc1.[Rh+2].[Rh+2]. The Kier molecular flexibility index (Phi) is 23.6. The number of aliphatic carboxylic acids is 4. The van der Waals surface area contributed by atoms with E-state index in [2.05, 4.69) is 9.97 Å². The topological polar surface area (TPSA) is 186 Å². The molecule has 0 N–H and O–H groups in total. The summed E-state index contributed by atoms with van der Waals surface area (Å²) >= 11 is 0. The van der Waals surface area contributed by atoms with E-state index in [0.717, 1.165) is 22.3 Å². The van der Waals surface area contributed by atoms with Gasteiger partial charge in [-0.2, -0.15) is 0 Å². The second kappa shape index (κ2) is 24.5. The maximum Gasteiger partial charge on any atom is 2.00 e. The van der Waals surface area contributed by atoms with Crippen molar-refractivity contribution in [3.8, 4) is 0 Å². The van der Waals surface area contributed by atoms with E-state index in [1.54, 1.807) is 79.9 Å². The fourth-order valence-electron chi connectivity index (χ4n) is 4.93. The molecule has 2 heterocycles. The van der Waals surface area contributed by atoms with Crippen molar-refractivity contribution in [2.75, 3.05) is 0 Å². The van der Waals surface area contributed by atoms with Crippen LogP contribution in [0.25, 0.3) is 0 Å². The van der Waals surface area contributed by atoms with Gasteiger partial charge in [-0.05, 0) is 85.0 Å². The number of pyridine rings is 2. The number of carboxylic acid groups (broad SMARTS) is 4. The van der Waals surface area contributed by atoms with E-state index in [1.165, 1.54) is 11.1 Å². The van der Waals surface area contributed by atoms with E-state index in [-0.39, 0.29) is 39.0 Å². The van der Waals surface area contributed by atoms with E-state index in [1.807, 2.05) is 86.9 Å². The Hall–Kier alpha value is -4.13. The maximum atomic E-state index is 11.0. The number of rotatable bonds is 12. The van der Waals surface area contributed by atoms with E-state index in [0.29, 0.717) is 25.7 Å². The molecule has 0 aliphatic rings. The van der Waals surface area contributed by atoms with Gasteiger partial charge in [0.1, 0.15) is 0 Å². The molecule has 12 heteroatoms. The van der Waals surface area contributed by atoms with Gasteiger partial charge in [0.2, 0.25) is 0 Å². The first-order valence-corrected chi connectivity index (χ1v) is 17.6. The largest absolute Gasteiger partial charge is 2.00 e. The van der Waals surface area contributed by atoms with Crippen LogP contribution in [0.15, 0.2) is 97.6 Å². The van der Waals surface area contributed by atoms with E-state index in [9.17, 15) is 39.6 Å². The smallest absolute Gasteiger partial charge is 0.550 e. The molecule has 4 aromatic rings. The summed E-state index contributed by atoms with van der Waals surface area (Å²) in [4.78, 5) is 51.9. The predicted molar refractivity (Wildman–Crippen MR) is 201 cm³/mol. The number of aromatic nitrogens is 2. The average Bonchev–Trinajstić information content (AvgIpc) is 3.06. The van der Waals surface area contributed by atoms with Crippen LogP contribution in [0.5, 0.6) is 0 Å². The molecule has 0 amide bonds. The molecule has 2 aromatic carbocycles. The molecule has 306 valence electrons. The van der Waals surface area contributed by atoms with Crippen LogP contribution in [-0.4, -0.2) is 33.8 Å². The number of hydrogen-bond donors (Lipinski definition) is 0. The van der Waals surface area contributed by atoms with Crippen LogP contribution in [-0.2, 0) is 83.8 Å². The van der Waals surface area contributed by atoms with Gasteiger partial charge >= 0.3 is 39.0 Å². The minimum atomic E-state index is -1.10. The molecular formula is C44H54N2O8Rh2. The van der Waals surface area contributed by atoms with Gasteiger partial charge in [0, 0.05) is 70.3 Å². The second-order valence-corrected chi connectivity index (χ2v) is 16.1. The van der Waals surface area contributed by atoms with Crippen molar-refractivity contribution < 1.29 is 78.6 Å². The van der Waals surface area contributed by atoms with Crippen molar-refractivity contribution >= 4 is 23.9 Å². The van der Waals surface area contributed by atoms with Crippen molar-refractivity contribution in [1.29, 1.82) is 0 Å². The summed E-state index contributed by atoms with van der Waals surface area (Å²) in [5, 5.41) is 44.1. The third-order valence-electron chi connectivity index (χ3n) is 8.40. The molecule has 0 fully saturated rings. The van der Waals surface area contributed by atoms with Gasteiger partial charge in [0.25, 0.3) is 0 Å².